The maximum Gasteiger partial charge on any atom is 0.223 e. The van der Waals surface area contributed by atoms with Gasteiger partial charge in [-0.3, -0.25) is 4.79 Å². The van der Waals surface area contributed by atoms with Gasteiger partial charge in [-0.2, -0.15) is 0 Å². The zero-order valence-corrected chi connectivity index (χ0v) is 15.5. The third kappa shape index (κ3) is 4.16. The van der Waals surface area contributed by atoms with Crippen molar-refractivity contribution in [3.05, 3.63) is 58.9 Å². The Kier molecular flexibility index (Phi) is 5.43. The van der Waals surface area contributed by atoms with Crippen LogP contribution >= 0.6 is 0 Å². The van der Waals surface area contributed by atoms with Crippen molar-refractivity contribution in [3.63, 3.8) is 0 Å². The lowest BCUT2D eigenvalue weighted by atomic mass is 10.1. The van der Waals surface area contributed by atoms with Crippen LogP contribution in [0.15, 0.2) is 30.5 Å². The number of benzene rings is 1. The smallest absolute Gasteiger partial charge is 0.223 e. The number of aryl methyl sites for hydroxylation is 1. The zero-order chi connectivity index (χ0) is 18.6. The average Bonchev–Trinajstić information content (AvgIpc) is 3.19. The molecule has 0 spiro atoms. The van der Waals surface area contributed by atoms with Gasteiger partial charge in [0.1, 0.15) is 5.82 Å². The van der Waals surface area contributed by atoms with Crippen LogP contribution in [-0.2, 0) is 24.2 Å². The summed E-state index contributed by atoms with van der Waals surface area (Å²) in [5, 5.41) is 3.33. The topological polar surface area (TPSA) is 58.1 Å². The summed E-state index contributed by atoms with van der Waals surface area (Å²) in [4.78, 5) is 24.1. The molecule has 5 nitrogen and oxygen atoms in total. The van der Waals surface area contributed by atoms with E-state index in [1.54, 1.807) is 12.1 Å². The van der Waals surface area contributed by atoms with Gasteiger partial charge in [-0.25, -0.2) is 14.4 Å². The van der Waals surface area contributed by atoms with Gasteiger partial charge in [0.2, 0.25) is 5.91 Å². The number of rotatable bonds is 5. The third-order valence-corrected chi connectivity index (χ3v) is 5.47. The minimum atomic E-state index is -0.226. The summed E-state index contributed by atoms with van der Waals surface area (Å²) in [6.07, 6.45) is 6.82. The summed E-state index contributed by atoms with van der Waals surface area (Å²) in [6, 6.07) is 6.51. The molecule has 1 saturated heterocycles. The molecule has 1 N–H and O–H groups in total. The molecule has 6 heteroatoms. The highest BCUT2D eigenvalue weighted by Gasteiger charge is 2.32. The second-order valence-corrected chi connectivity index (χ2v) is 7.35. The molecule has 142 valence electrons. The predicted octanol–water partition coefficient (Wildman–Crippen LogP) is 2.95. The van der Waals surface area contributed by atoms with Crippen molar-refractivity contribution in [2.75, 3.05) is 13.1 Å². The van der Waals surface area contributed by atoms with Gasteiger partial charge in [0.15, 0.2) is 5.82 Å². The summed E-state index contributed by atoms with van der Waals surface area (Å²) < 4.78 is 13.0. The molecule has 2 aliphatic rings. The molecule has 0 radical (unpaired) electrons. The molecule has 3 heterocycles. The molecule has 1 unspecified atom stereocenters. The van der Waals surface area contributed by atoms with Crippen molar-refractivity contribution in [1.82, 2.24) is 20.2 Å². The van der Waals surface area contributed by atoms with E-state index in [9.17, 15) is 9.18 Å². The summed E-state index contributed by atoms with van der Waals surface area (Å²) in [5.74, 6) is 0.734. The number of aromatic nitrogens is 2. The van der Waals surface area contributed by atoms with E-state index in [1.807, 2.05) is 11.1 Å². The van der Waals surface area contributed by atoms with Crippen molar-refractivity contribution < 1.29 is 9.18 Å². The highest BCUT2D eigenvalue weighted by molar-refractivity contribution is 5.76. The Morgan fingerprint density at radius 3 is 3.00 bits per heavy atom. The van der Waals surface area contributed by atoms with Gasteiger partial charge in [-0.1, -0.05) is 12.1 Å². The first kappa shape index (κ1) is 18.0. The average molecular weight is 368 g/mol. The lowest BCUT2D eigenvalue weighted by molar-refractivity contribution is -0.132. The predicted molar refractivity (Wildman–Crippen MR) is 100 cm³/mol. The molecule has 1 aromatic carbocycles. The Morgan fingerprint density at radius 2 is 2.15 bits per heavy atom. The largest absolute Gasteiger partial charge is 0.332 e. The summed E-state index contributed by atoms with van der Waals surface area (Å²) in [7, 11) is 0. The van der Waals surface area contributed by atoms with Crippen molar-refractivity contribution in [3.8, 4) is 0 Å². The highest BCUT2D eigenvalue weighted by Crippen LogP contribution is 2.31. The molecular formula is C21H25FN4O. The number of halogens is 1. The molecule has 0 saturated carbocycles. The normalized spacial score (nSPS) is 19.1. The zero-order valence-electron chi connectivity index (χ0n) is 15.5. The van der Waals surface area contributed by atoms with E-state index in [0.717, 1.165) is 68.8 Å². The lowest BCUT2D eigenvalue weighted by Gasteiger charge is -2.25. The fraction of sp³-hybridized carbons (Fsp3) is 0.476. The van der Waals surface area contributed by atoms with Gasteiger partial charge >= 0.3 is 0 Å². The van der Waals surface area contributed by atoms with E-state index in [4.69, 9.17) is 4.98 Å². The van der Waals surface area contributed by atoms with E-state index < -0.39 is 0 Å². The van der Waals surface area contributed by atoms with Crippen LogP contribution in [0.3, 0.4) is 0 Å². The third-order valence-electron chi connectivity index (χ3n) is 5.47. The lowest BCUT2D eigenvalue weighted by Crippen LogP contribution is -2.32. The molecule has 1 atom stereocenters. The van der Waals surface area contributed by atoms with Crippen LogP contribution in [0.2, 0.25) is 0 Å². The fourth-order valence-electron chi connectivity index (χ4n) is 3.98. The second kappa shape index (κ2) is 8.13. The SMILES string of the molecule is O=C(CCCc1ccc(F)cc1)N1CCCC1c1ncc2c(n1)CCNC2. The van der Waals surface area contributed by atoms with Crippen molar-refractivity contribution in [2.24, 2.45) is 0 Å². The molecule has 1 amide bonds. The Bertz CT molecular complexity index is 808. The summed E-state index contributed by atoms with van der Waals surface area (Å²) >= 11 is 0. The van der Waals surface area contributed by atoms with Crippen LogP contribution in [0, 0.1) is 5.82 Å². The molecule has 27 heavy (non-hydrogen) atoms. The van der Waals surface area contributed by atoms with E-state index in [1.165, 1.54) is 17.7 Å². The number of fused-ring (bicyclic) bond motifs is 1. The van der Waals surface area contributed by atoms with Crippen molar-refractivity contribution in [1.29, 1.82) is 0 Å². The van der Waals surface area contributed by atoms with Crippen molar-refractivity contribution >= 4 is 5.91 Å². The van der Waals surface area contributed by atoms with Crippen LogP contribution in [0.25, 0.3) is 0 Å². The van der Waals surface area contributed by atoms with Gasteiger partial charge in [0.05, 0.1) is 6.04 Å². The van der Waals surface area contributed by atoms with Crippen LogP contribution in [0.4, 0.5) is 4.39 Å². The highest BCUT2D eigenvalue weighted by atomic mass is 19.1. The van der Waals surface area contributed by atoms with Crippen LogP contribution in [0.1, 0.15) is 54.4 Å². The summed E-state index contributed by atoms with van der Waals surface area (Å²) in [5.41, 5.74) is 3.35. The maximum atomic E-state index is 13.0. The summed E-state index contributed by atoms with van der Waals surface area (Å²) in [6.45, 7) is 2.55. The first-order valence-electron chi connectivity index (χ1n) is 9.80. The molecule has 4 rings (SSSR count). The standard InChI is InChI=1S/C21H25FN4O/c22-17-8-6-15(7-9-17)3-1-5-20(27)26-12-2-4-19(26)21-24-14-16-13-23-11-10-18(16)25-21/h6-9,14,19,23H,1-5,10-13H2. The van der Waals surface area contributed by atoms with Gasteiger partial charge in [-0.05, 0) is 43.4 Å². The first-order chi connectivity index (χ1) is 13.2. The minimum Gasteiger partial charge on any atom is -0.332 e. The van der Waals surface area contributed by atoms with Gasteiger partial charge < -0.3 is 10.2 Å². The van der Waals surface area contributed by atoms with Crippen LogP contribution < -0.4 is 5.32 Å². The van der Waals surface area contributed by atoms with Crippen LogP contribution in [0.5, 0.6) is 0 Å². The van der Waals surface area contributed by atoms with E-state index >= 15 is 0 Å². The van der Waals surface area contributed by atoms with Crippen LogP contribution in [-0.4, -0.2) is 33.9 Å². The fourth-order valence-corrected chi connectivity index (χ4v) is 3.98. The number of hydrogen-bond acceptors (Lipinski definition) is 4. The quantitative estimate of drug-likeness (QED) is 0.882. The molecule has 2 aliphatic heterocycles. The Morgan fingerprint density at radius 1 is 1.30 bits per heavy atom. The molecule has 0 bridgehead atoms. The van der Waals surface area contributed by atoms with E-state index in [2.05, 4.69) is 10.3 Å². The van der Waals surface area contributed by atoms with Gasteiger partial charge in [0.25, 0.3) is 0 Å². The molecular weight excluding hydrogens is 343 g/mol. The first-order valence-corrected chi connectivity index (χ1v) is 9.80. The number of likely N-dealkylation sites (tertiary alicyclic amines) is 1. The number of amides is 1. The number of nitrogens with one attached hydrogen (secondary N) is 1. The van der Waals surface area contributed by atoms with Gasteiger partial charge in [0, 0.05) is 49.9 Å². The van der Waals surface area contributed by atoms with Gasteiger partial charge in [-0.15, -0.1) is 0 Å². The molecule has 1 aromatic heterocycles. The number of carbonyl (C=O) groups is 1. The molecule has 0 aliphatic carbocycles. The number of hydrogen-bond donors (Lipinski definition) is 1. The van der Waals surface area contributed by atoms with E-state index in [-0.39, 0.29) is 17.8 Å². The Balaban J connectivity index is 1.37. The second-order valence-electron chi connectivity index (χ2n) is 7.35. The monoisotopic (exact) mass is 368 g/mol. The number of carbonyl (C=O) groups excluding carboxylic acids is 1. The number of nitrogens with zero attached hydrogens (tertiary/aromatic N) is 3. The molecule has 2 aromatic rings. The van der Waals surface area contributed by atoms with E-state index in [0.29, 0.717) is 6.42 Å². The Hall–Kier alpha value is -2.34. The maximum absolute atomic E-state index is 13.0. The Labute approximate surface area is 159 Å². The molecule has 1 fully saturated rings. The van der Waals surface area contributed by atoms with Crippen molar-refractivity contribution in [2.45, 2.75) is 51.1 Å². The minimum absolute atomic E-state index is 0.00325.